The molecular formula is C15H13IN2O. The Bertz CT molecular complexity index is 637. The molecule has 0 spiro atoms. The first-order valence-electron chi connectivity index (χ1n) is 6.11. The molecule has 0 saturated carbocycles. The van der Waals surface area contributed by atoms with Crippen LogP contribution in [-0.2, 0) is 6.42 Å². The van der Waals surface area contributed by atoms with Crippen LogP contribution in [0.1, 0.15) is 15.9 Å². The standard InChI is InChI=1S/C15H13IN2O/c16-11-6-4-10(5-7-11)15(19)18-9-8-12-13(17)2-1-3-14(12)18/h1-7H,8-9,17H2. The van der Waals surface area contributed by atoms with Gasteiger partial charge in [-0.15, -0.1) is 0 Å². The molecule has 1 amide bonds. The minimum absolute atomic E-state index is 0.0424. The molecule has 1 heterocycles. The van der Waals surface area contributed by atoms with Gasteiger partial charge in [0.05, 0.1) is 0 Å². The van der Waals surface area contributed by atoms with Gasteiger partial charge in [0.2, 0.25) is 0 Å². The molecule has 4 heteroatoms. The third kappa shape index (κ3) is 2.20. The molecule has 96 valence electrons. The Morgan fingerprint density at radius 2 is 1.89 bits per heavy atom. The fourth-order valence-corrected chi connectivity index (χ4v) is 2.78. The molecule has 0 fully saturated rings. The maximum atomic E-state index is 12.5. The zero-order valence-corrected chi connectivity index (χ0v) is 12.4. The van der Waals surface area contributed by atoms with E-state index in [4.69, 9.17) is 5.73 Å². The average Bonchev–Trinajstić information content (AvgIpc) is 2.84. The first-order valence-corrected chi connectivity index (χ1v) is 7.19. The summed E-state index contributed by atoms with van der Waals surface area (Å²) in [7, 11) is 0. The fourth-order valence-electron chi connectivity index (χ4n) is 2.42. The summed E-state index contributed by atoms with van der Waals surface area (Å²) in [5.41, 5.74) is 9.48. The van der Waals surface area contributed by atoms with E-state index in [1.807, 2.05) is 47.4 Å². The second kappa shape index (κ2) is 4.85. The highest BCUT2D eigenvalue weighted by molar-refractivity contribution is 14.1. The van der Waals surface area contributed by atoms with Crippen molar-refractivity contribution in [2.45, 2.75) is 6.42 Å². The van der Waals surface area contributed by atoms with Crippen LogP contribution in [0.25, 0.3) is 0 Å². The van der Waals surface area contributed by atoms with Gasteiger partial charge < -0.3 is 10.6 Å². The van der Waals surface area contributed by atoms with Gasteiger partial charge >= 0.3 is 0 Å². The fraction of sp³-hybridized carbons (Fsp3) is 0.133. The van der Waals surface area contributed by atoms with Crippen LogP contribution in [0.15, 0.2) is 42.5 Å². The summed E-state index contributed by atoms with van der Waals surface area (Å²) in [5, 5.41) is 0. The number of hydrogen-bond donors (Lipinski definition) is 1. The number of halogens is 1. The Kier molecular flexibility index (Phi) is 3.18. The summed E-state index contributed by atoms with van der Waals surface area (Å²) < 4.78 is 1.13. The number of carbonyl (C=O) groups is 1. The van der Waals surface area contributed by atoms with E-state index in [9.17, 15) is 4.79 Å². The Hall–Kier alpha value is -1.56. The van der Waals surface area contributed by atoms with Crippen LogP contribution < -0.4 is 10.6 Å². The summed E-state index contributed by atoms with van der Waals surface area (Å²) in [5.74, 6) is 0.0424. The molecule has 0 bridgehead atoms. The van der Waals surface area contributed by atoms with Crippen LogP contribution in [-0.4, -0.2) is 12.5 Å². The Morgan fingerprint density at radius 3 is 2.63 bits per heavy atom. The van der Waals surface area contributed by atoms with E-state index < -0.39 is 0 Å². The van der Waals surface area contributed by atoms with Crippen LogP contribution in [0.3, 0.4) is 0 Å². The zero-order chi connectivity index (χ0) is 13.4. The van der Waals surface area contributed by atoms with E-state index in [0.29, 0.717) is 6.54 Å². The molecule has 2 N–H and O–H groups in total. The number of anilines is 2. The highest BCUT2D eigenvalue weighted by atomic mass is 127. The van der Waals surface area contributed by atoms with Gasteiger partial charge in [-0.1, -0.05) is 6.07 Å². The van der Waals surface area contributed by atoms with Crippen molar-refractivity contribution in [1.82, 2.24) is 0 Å². The summed E-state index contributed by atoms with van der Waals surface area (Å²) in [6, 6.07) is 13.4. The molecule has 0 aromatic heterocycles. The van der Waals surface area contributed by atoms with Crippen LogP contribution in [0.5, 0.6) is 0 Å². The van der Waals surface area contributed by atoms with Gasteiger partial charge in [0.25, 0.3) is 5.91 Å². The van der Waals surface area contributed by atoms with Crippen LogP contribution in [0, 0.1) is 3.57 Å². The van der Waals surface area contributed by atoms with Crippen molar-refractivity contribution in [3.63, 3.8) is 0 Å². The number of rotatable bonds is 1. The minimum atomic E-state index is 0.0424. The number of hydrogen-bond acceptors (Lipinski definition) is 2. The molecule has 2 aromatic carbocycles. The number of benzene rings is 2. The number of nitrogen functional groups attached to an aromatic ring is 1. The number of carbonyl (C=O) groups excluding carboxylic acids is 1. The van der Waals surface area contributed by atoms with E-state index in [-0.39, 0.29) is 5.91 Å². The van der Waals surface area contributed by atoms with Gasteiger partial charge in [-0.05, 0) is 65.4 Å². The molecule has 19 heavy (non-hydrogen) atoms. The number of amides is 1. The number of fused-ring (bicyclic) bond motifs is 1. The summed E-state index contributed by atoms with van der Waals surface area (Å²) in [6.45, 7) is 0.703. The summed E-state index contributed by atoms with van der Waals surface area (Å²) in [6.07, 6.45) is 0.831. The van der Waals surface area contributed by atoms with Crippen LogP contribution in [0.4, 0.5) is 11.4 Å². The highest BCUT2D eigenvalue weighted by Gasteiger charge is 2.26. The van der Waals surface area contributed by atoms with Crippen molar-refractivity contribution in [3.8, 4) is 0 Å². The first-order chi connectivity index (χ1) is 9.16. The quantitative estimate of drug-likeness (QED) is 0.625. The molecule has 2 aromatic rings. The van der Waals surface area contributed by atoms with E-state index in [1.165, 1.54) is 0 Å². The molecule has 0 radical (unpaired) electrons. The molecule has 0 atom stereocenters. The molecule has 3 rings (SSSR count). The Balaban J connectivity index is 1.95. The van der Waals surface area contributed by atoms with Crippen molar-refractivity contribution in [3.05, 3.63) is 57.2 Å². The third-order valence-corrected chi connectivity index (χ3v) is 4.12. The van der Waals surface area contributed by atoms with E-state index in [1.54, 1.807) is 0 Å². The highest BCUT2D eigenvalue weighted by Crippen LogP contribution is 2.33. The first kappa shape index (κ1) is 12.5. The molecule has 0 aliphatic carbocycles. The van der Waals surface area contributed by atoms with Crippen molar-refractivity contribution in [1.29, 1.82) is 0 Å². The van der Waals surface area contributed by atoms with E-state index in [2.05, 4.69) is 22.6 Å². The van der Waals surface area contributed by atoms with Gasteiger partial charge in [-0.25, -0.2) is 0 Å². The average molecular weight is 364 g/mol. The lowest BCUT2D eigenvalue weighted by atomic mass is 10.1. The SMILES string of the molecule is Nc1cccc2c1CCN2C(=O)c1ccc(I)cc1. The predicted molar refractivity (Wildman–Crippen MR) is 85.4 cm³/mol. The smallest absolute Gasteiger partial charge is 0.258 e. The second-order valence-electron chi connectivity index (χ2n) is 4.56. The lowest BCUT2D eigenvalue weighted by molar-refractivity contribution is 0.0989. The van der Waals surface area contributed by atoms with Crippen molar-refractivity contribution < 1.29 is 4.79 Å². The van der Waals surface area contributed by atoms with Crippen molar-refractivity contribution >= 4 is 39.9 Å². The van der Waals surface area contributed by atoms with Crippen molar-refractivity contribution in [2.24, 2.45) is 0 Å². The largest absolute Gasteiger partial charge is 0.398 e. The maximum absolute atomic E-state index is 12.5. The predicted octanol–water partition coefficient (Wildman–Crippen LogP) is 3.08. The lowest BCUT2D eigenvalue weighted by Gasteiger charge is -2.17. The summed E-state index contributed by atoms with van der Waals surface area (Å²) >= 11 is 2.23. The second-order valence-corrected chi connectivity index (χ2v) is 5.80. The molecule has 1 aliphatic rings. The third-order valence-electron chi connectivity index (χ3n) is 3.40. The van der Waals surface area contributed by atoms with E-state index in [0.717, 1.165) is 32.5 Å². The molecule has 1 aliphatic heterocycles. The van der Waals surface area contributed by atoms with Gasteiger partial charge in [0, 0.05) is 32.6 Å². The summed E-state index contributed by atoms with van der Waals surface area (Å²) in [4.78, 5) is 14.3. The Labute approximate surface area is 125 Å². The molecule has 0 unspecified atom stereocenters. The normalized spacial score (nSPS) is 13.4. The van der Waals surface area contributed by atoms with Gasteiger partial charge in [-0.2, -0.15) is 0 Å². The zero-order valence-electron chi connectivity index (χ0n) is 10.3. The number of nitrogens with two attached hydrogens (primary N) is 1. The topological polar surface area (TPSA) is 46.3 Å². The van der Waals surface area contributed by atoms with E-state index >= 15 is 0 Å². The maximum Gasteiger partial charge on any atom is 0.258 e. The van der Waals surface area contributed by atoms with Crippen LogP contribution in [0.2, 0.25) is 0 Å². The molecule has 0 saturated heterocycles. The lowest BCUT2D eigenvalue weighted by Crippen LogP contribution is -2.28. The molecular weight excluding hydrogens is 351 g/mol. The monoisotopic (exact) mass is 364 g/mol. The van der Waals surface area contributed by atoms with Gasteiger partial charge in [0.1, 0.15) is 0 Å². The minimum Gasteiger partial charge on any atom is -0.398 e. The molecule has 3 nitrogen and oxygen atoms in total. The Morgan fingerprint density at radius 1 is 1.16 bits per heavy atom. The van der Waals surface area contributed by atoms with Gasteiger partial charge in [0.15, 0.2) is 0 Å². The van der Waals surface area contributed by atoms with Crippen molar-refractivity contribution in [2.75, 3.05) is 17.2 Å². The number of nitrogens with zero attached hydrogens (tertiary/aromatic N) is 1. The van der Waals surface area contributed by atoms with Crippen LogP contribution >= 0.6 is 22.6 Å². The van der Waals surface area contributed by atoms with Gasteiger partial charge in [-0.3, -0.25) is 4.79 Å².